The lowest BCUT2D eigenvalue weighted by Crippen LogP contribution is -2.21. The Morgan fingerprint density at radius 1 is 1.37 bits per heavy atom. The fourth-order valence-electron chi connectivity index (χ4n) is 2.68. The van der Waals surface area contributed by atoms with Crippen LogP contribution < -0.4 is 5.32 Å². The van der Waals surface area contributed by atoms with Gasteiger partial charge in [-0.1, -0.05) is 31.5 Å². The van der Waals surface area contributed by atoms with Gasteiger partial charge in [0.2, 0.25) is 0 Å². The summed E-state index contributed by atoms with van der Waals surface area (Å²) >= 11 is 5.24. The summed E-state index contributed by atoms with van der Waals surface area (Å²) in [6.45, 7) is 2.97. The quantitative estimate of drug-likeness (QED) is 0.812. The number of aromatic nitrogens is 4. The topological polar surface area (TPSA) is 55.6 Å². The van der Waals surface area contributed by atoms with Gasteiger partial charge in [0, 0.05) is 13.0 Å². The van der Waals surface area contributed by atoms with Crippen molar-refractivity contribution in [2.24, 2.45) is 0 Å². The number of tetrazole rings is 1. The molecule has 0 aliphatic heterocycles. The van der Waals surface area contributed by atoms with Crippen molar-refractivity contribution in [2.75, 3.05) is 6.54 Å². The van der Waals surface area contributed by atoms with Gasteiger partial charge in [0.05, 0.1) is 11.0 Å². The first-order chi connectivity index (χ1) is 9.31. The molecule has 0 aromatic carbocycles. The summed E-state index contributed by atoms with van der Waals surface area (Å²) in [5.74, 6) is 1.02. The number of hydrogen-bond acceptors (Lipinski definition) is 4. The average Bonchev–Trinajstić information content (AvgIpc) is 2.88. The Balaban J connectivity index is 1.83. The van der Waals surface area contributed by atoms with Gasteiger partial charge in [-0.15, -0.1) is 5.10 Å². The molecule has 0 saturated heterocycles. The third-order valence-corrected chi connectivity index (χ3v) is 4.01. The normalized spacial score (nSPS) is 16.5. The minimum atomic E-state index is 0.513. The van der Waals surface area contributed by atoms with Crippen molar-refractivity contribution >= 4 is 17.2 Å². The lowest BCUT2D eigenvalue weighted by atomic mass is 9.95. The molecule has 106 valence electrons. The molecule has 2 rings (SSSR count). The lowest BCUT2D eigenvalue weighted by molar-refractivity contribution is 0.316. The zero-order valence-electron chi connectivity index (χ0n) is 11.6. The number of nitrogens with zero attached hydrogens (tertiary/aromatic N) is 4. The average molecular weight is 281 g/mol. The smallest absolute Gasteiger partial charge is 0.151 e. The molecular formula is C13H23N5S. The Labute approximate surface area is 120 Å². The van der Waals surface area contributed by atoms with Crippen LogP contribution in [0.25, 0.3) is 0 Å². The molecule has 0 unspecified atom stereocenters. The van der Waals surface area contributed by atoms with Crippen molar-refractivity contribution in [1.82, 2.24) is 25.5 Å². The third kappa shape index (κ3) is 4.23. The molecule has 5 nitrogen and oxygen atoms in total. The van der Waals surface area contributed by atoms with Gasteiger partial charge in [-0.25, -0.2) is 4.68 Å². The van der Waals surface area contributed by atoms with Gasteiger partial charge < -0.3 is 5.32 Å². The number of nitrogens with one attached hydrogen (secondary N) is 1. The lowest BCUT2D eigenvalue weighted by Gasteiger charge is -2.22. The van der Waals surface area contributed by atoms with Gasteiger partial charge in [-0.3, -0.25) is 0 Å². The van der Waals surface area contributed by atoms with Crippen LogP contribution in [0.1, 0.15) is 63.7 Å². The van der Waals surface area contributed by atoms with Crippen molar-refractivity contribution in [3.05, 3.63) is 5.82 Å². The van der Waals surface area contributed by atoms with Gasteiger partial charge in [0.15, 0.2) is 5.82 Å². The van der Waals surface area contributed by atoms with E-state index in [2.05, 4.69) is 32.4 Å². The second-order valence-electron chi connectivity index (χ2n) is 5.14. The highest BCUT2D eigenvalue weighted by Gasteiger charge is 2.19. The maximum Gasteiger partial charge on any atom is 0.151 e. The van der Waals surface area contributed by atoms with Crippen LogP contribution >= 0.6 is 12.2 Å². The Bertz CT molecular complexity index is 397. The van der Waals surface area contributed by atoms with Gasteiger partial charge in [-0.05, 0) is 43.0 Å². The summed E-state index contributed by atoms with van der Waals surface area (Å²) in [5, 5.41) is 15.4. The summed E-state index contributed by atoms with van der Waals surface area (Å²) in [5.41, 5.74) is 0. The van der Waals surface area contributed by atoms with Crippen LogP contribution in [0.5, 0.6) is 0 Å². The first kappa shape index (κ1) is 14.4. The Kier molecular flexibility index (Phi) is 5.69. The third-order valence-electron chi connectivity index (χ3n) is 3.66. The van der Waals surface area contributed by atoms with Crippen LogP contribution in [0.4, 0.5) is 0 Å². The molecular weight excluding hydrogens is 258 g/mol. The predicted octanol–water partition coefficient (Wildman–Crippen LogP) is 2.44. The van der Waals surface area contributed by atoms with Gasteiger partial charge in [0.1, 0.15) is 0 Å². The standard InChI is InChI=1S/C13H23N5S/c1-2-14-13(19)10-6-9-12-15-16-17-18(12)11-7-4-3-5-8-11/h11H,2-10H2,1H3,(H,14,19). The van der Waals surface area contributed by atoms with Crippen molar-refractivity contribution in [1.29, 1.82) is 0 Å². The Morgan fingerprint density at radius 3 is 2.89 bits per heavy atom. The van der Waals surface area contributed by atoms with Gasteiger partial charge >= 0.3 is 0 Å². The van der Waals surface area contributed by atoms with Crippen LogP contribution in [-0.2, 0) is 6.42 Å². The largest absolute Gasteiger partial charge is 0.380 e. The van der Waals surface area contributed by atoms with E-state index in [-0.39, 0.29) is 0 Å². The second kappa shape index (κ2) is 7.53. The second-order valence-corrected chi connectivity index (χ2v) is 5.63. The minimum Gasteiger partial charge on any atom is -0.380 e. The van der Waals surface area contributed by atoms with Crippen LogP contribution in [0, 0.1) is 0 Å². The number of hydrogen-bond donors (Lipinski definition) is 1. The highest BCUT2D eigenvalue weighted by molar-refractivity contribution is 7.80. The molecule has 0 spiro atoms. The summed E-state index contributed by atoms with van der Waals surface area (Å²) < 4.78 is 2.05. The maximum absolute atomic E-state index is 5.24. The molecule has 1 N–H and O–H groups in total. The SMILES string of the molecule is CCNC(=S)CCCc1nnnn1C1CCCCC1. The van der Waals surface area contributed by atoms with Crippen LogP contribution in [0.15, 0.2) is 0 Å². The minimum absolute atomic E-state index is 0.513. The first-order valence-electron chi connectivity index (χ1n) is 7.34. The molecule has 1 aliphatic rings. The van der Waals surface area contributed by atoms with Crippen LogP contribution in [0.3, 0.4) is 0 Å². The molecule has 0 radical (unpaired) electrons. The molecule has 6 heteroatoms. The highest BCUT2D eigenvalue weighted by Crippen LogP contribution is 2.27. The van der Waals surface area contributed by atoms with E-state index in [4.69, 9.17) is 12.2 Å². The molecule has 1 heterocycles. The number of rotatable bonds is 6. The fourth-order valence-corrected chi connectivity index (χ4v) is 2.97. The zero-order valence-corrected chi connectivity index (χ0v) is 12.5. The monoisotopic (exact) mass is 281 g/mol. The van der Waals surface area contributed by atoms with Crippen LogP contribution in [0.2, 0.25) is 0 Å². The van der Waals surface area contributed by atoms with Gasteiger partial charge in [0.25, 0.3) is 0 Å². The van der Waals surface area contributed by atoms with E-state index >= 15 is 0 Å². The van der Waals surface area contributed by atoms with Crippen LogP contribution in [-0.4, -0.2) is 31.7 Å². The van der Waals surface area contributed by atoms with E-state index in [9.17, 15) is 0 Å². The number of aryl methyl sites for hydroxylation is 1. The zero-order chi connectivity index (χ0) is 13.5. The van der Waals surface area contributed by atoms with Gasteiger partial charge in [-0.2, -0.15) is 0 Å². The van der Waals surface area contributed by atoms with E-state index in [0.717, 1.165) is 36.6 Å². The van der Waals surface area contributed by atoms with Crippen molar-refractivity contribution < 1.29 is 0 Å². The predicted molar refractivity (Wildman–Crippen MR) is 79.2 cm³/mol. The molecule has 19 heavy (non-hydrogen) atoms. The molecule has 0 amide bonds. The molecule has 0 atom stereocenters. The summed E-state index contributed by atoms with van der Waals surface area (Å²) in [7, 11) is 0. The Morgan fingerprint density at radius 2 is 2.16 bits per heavy atom. The molecule has 1 aromatic rings. The summed E-state index contributed by atoms with van der Waals surface area (Å²) in [6.07, 6.45) is 9.23. The van der Waals surface area contributed by atoms with Crippen molar-refractivity contribution in [2.45, 2.75) is 64.3 Å². The summed E-state index contributed by atoms with van der Waals surface area (Å²) in [6, 6.07) is 0.513. The van der Waals surface area contributed by atoms with Crippen molar-refractivity contribution in [3.8, 4) is 0 Å². The number of thiocarbonyl (C=S) groups is 1. The summed E-state index contributed by atoms with van der Waals surface area (Å²) in [4.78, 5) is 0.944. The van der Waals surface area contributed by atoms with E-state index in [1.807, 2.05) is 0 Å². The van der Waals surface area contributed by atoms with E-state index in [0.29, 0.717) is 6.04 Å². The molecule has 1 saturated carbocycles. The van der Waals surface area contributed by atoms with E-state index in [1.165, 1.54) is 32.1 Å². The fraction of sp³-hybridized carbons (Fsp3) is 0.846. The maximum atomic E-state index is 5.24. The molecule has 1 aromatic heterocycles. The van der Waals surface area contributed by atoms with E-state index < -0.39 is 0 Å². The first-order valence-corrected chi connectivity index (χ1v) is 7.75. The molecule has 0 bridgehead atoms. The molecule has 1 aliphatic carbocycles. The highest BCUT2D eigenvalue weighted by atomic mass is 32.1. The van der Waals surface area contributed by atoms with E-state index in [1.54, 1.807) is 0 Å². The Hall–Kier alpha value is -1.04. The van der Waals surface area contributed by atoms with Crippen molar-refractivity contribution in [3.63, 3.8) is 0 Å². The molecule has 1 fully saturated rings.